The average Bonchev–Trinajstić information content (AvgIpc) is 2.41. The van der Waals surface area contributed by atoms with E-state index in [0.717, 1.165) is 5.56 Å². The highest BCUT2D eigenvalue weighted by Crippen LogP contribution is 2.18. The first-order valence-electron chi connectivity index (χ1n) is 7.14. The predicted molar refractivity (Wildman–Crippen MR) is 94.4 cm³/mol. The monoisotopic (exact) mass is 338 g/mol. The quantitative estimate of drug-likeness (QED) is 0.278. The zero-order valence-electron chi connectivity index (χ0n) is 14.0. The second kappa shape index (κ2) is 7.27. The topological polar surface area (TPSA) is 82.4 Å². The van der Waals surface area contributed by atoms with Crippen LogP contribution in [0.15, 0.2) is 29.4 Å². The van der Waals surface area contributed by atoms with E-state index < -0.39 is 17.2 Å². The van der Waals surface area contributed by atoms with Gasteiger partial charge in [-0.05, 0) is 26.3 Å². The molecular weight excluding hydrogens is 317 g/mol. The molecule has 0 saturated carbocycles. The van der Waals surface area contributed by atoms with Crippen molar-refractivity contribution in [1.82, 2.24) is 4.90 Å². The first kappa shape index (κ1) is 19.4. The normalized spacial score (nSPS) is 12.8. The van der Waals surface area contributed by atoms with E-state index in [1.54, 1.807) is 45.0 Å². The molecule has 0 unspecified atom stereocenters. The van der Waals surface area contributed by atoms with E-state index in [4.69, 9.17) is 21.5 Å². The highest BCUT2D eigenvalue weighted by molar-refractivity contribution is 6.69. The zero-order valence-corrected chi connectivity index (χ0v) is 14.8. The van der Waals surface area contributed by atoms with E-state index >= 15 is 0 Å². The highest BCUT2D eigenvalue weighted by Gasteiger charge is 2.31. The maximum atomic E-state index is 12.3. The van der Waals surface area contributed by atoms with E-state index in [2.05, 4.69) is 5.16 Å². The van der Waals surface area contributed by atoms with Crippen molar-refractivity contribution in [3.05, 3.63) is 35.4 Å². The van der Waals surface area contributed by atoms with Crippen LogP contribution in [0.25, 0.3) is 0 Å². The Balaban J connectivity index is 2.96. The lowest BCUT2D eigenvalue weighted by atomic mass is 9.72. The summed E-state index contributed by atoms with van der Waals surface area (Å²) in [5.74, 6) is 0. The predicted octanol–water partition coefficient (Wildman–Crippen LogP) is 0.668. The van der Waals surface area contributed by atoms with Crippen LogP contribution < -0.4 is 0 Å². The number of halogens is 1. The van der Waals surface area contributed by atoms with E-state index in [1.165, 1.54) is 20.6 Å². The summed E-state index contributed by atoms with van der Waals surface area (Å²) in [5.41, 5.74) is -0.727. The summed E-state index contributed by atoms with van der Waals surface area (Å²) >= 11 is 5.72. The van der Waals surface area contributed by atoms with Gasteiger partial charge in [0.1, 0.15) is 5.60 Å². The minimum atomic E-state index is -1.38. The van der Waals surface area contributed by atoms with Crippen LogP contribution in [0, 0.1) is 0 Å². The molecule has 9 heteroatoms. The second-order valence-electron chi connectivity index (χ2n) is 6.65. The second-order valence-corrected chi connectivity index (χ2v) is 7.01. The van der Waals surface area contributed by atoms with Gasteiger partial charge < -0.3 is 15.1 Å². The average molecular weight is 338 g/mol. The van der Waals surface area contributed by atoms with Crippen LogP contribution in [0.1, 0.15) is 31.9 Å². The minimum Gasteiger partial charge on any atom is -0.444 e. The number of oxime groups is 1. The van der Waals surface area contributed by atoms with Gasteiger partial charge in [0.25, 0.3) is 0 Å². The molecule has 0 saturated heterocycles. The molecule has 0 aromatic heterocycles. The van der Waals surface area contributed by atoms with Gasteiger partial charge in [0.15, 0.2) is 20.9 Å². The van der Waals surface area contributed by atoms with Gasteiger partial charge in [0.2, 0.25) is 0 Å². The Bertz CT molecular complexity index is 580. The van der Waals surface area contributed by atoms with Crippen molar-refractivity contribution in [1.29, 1.82) is 0 Å². The molecule has 0 aliphatic rings. The number of carbonyl (C=O) groups excluding carboxylic acids is 1. The smallest absolute Gasteiger partial charge is 0.411 e. The summed E-state index contributed by atoms with van der Waals surface area (Å²) in [6.45, 7) is 5.45. The van der Waals surface area contributed by atoms with Crippen LogP contribution in [0.3, 0.4) is 0 Å². The Labute approximate surface area is 142 Å². The van der Waals surface area contributed by atoms with Gasteiger partial charge in [0.05, 0.1) is 12.1 Å². The molecule has 6 nitrogen and oxygen atoms in total. The van der Waals surface area contributed by atoms with Crippen molar-refractivity contribution in [3.63, 3.8) is 0 Å². The number of ether oxygens (including phenoxy) is 1. The Morgan fingerprint density at radius 3 is 2.22 bits per heavy atom. The number of hydrogen-bond acceptors (Lipinski definition) is 5. The molecule has 124 valence electrons. The molecule has 0 heterocycles. The molecule has 1 aromatic rings. The summed E-state index contributed by atoms with van der Waals surface area (Å²) < 4.78 is 5.33. The molecule has 23 heavy (non-hydrogen) atoms. The number of aliphatic hydroxyl groups is 1. The fraction of sp³-hybridized carbons (Fsp3) is 0.429. The number of carbonyl (C=O) groups is 1. The van der Waals surface area contributed by atoms with Crippen molar-refractivity contribution in [3.8, 4) is 0 Å². The Kier molecular flexibility index (Phi) is 6.13. The van der Waals surface area contributed by atoms with Crippen LogP contribution in [-0.4, -0.2) is 53.3 Å². The summed E-state index contributed by atoms with van der Waals surface area (Å²) in [6, 6.07) is 6.78. The Morgan fingerprint density at radius 1 is 1.30 bits per heavy atom. The molecule has 1 rings (SSSR count). The minimum absolute atomic E-state index is 0.0250. The summed E-state index contributed by atoms with van der Waals surface area (Å²) in [4.78, 5) is 13.5. The Morgan fingerprint density at radius 2 is 1.83 bits per heavy atom. The van der Waals surface area contributed by atoms with Crippen LogP contribution in [0.5, 0.6) is 0 Å². The van der Waals surface area contributed by atoms with Crippen molar-refractivity contribution < 1.29 is 19.8 Å². The standard InChI is InChI=1S/C14H21B2ClN2O4/c1-13(2,3)23-12(20)19(14(15,16)21)8-9-4-6-10(7-5-9)11(17)18-22/h4-7,21-22H,8,15-16H2,1-3H3/b18-11-. The lowest BCUT2D eigenvalue weighted by Gasteiger charge is -2.36. The lowest BCUT2D eigenvalue weighted by molar-refractivity contribution is -0.0214. The highest BCUT2D eigenvalue weighted by atomic mass is 35.5. The zero-order chi connectivity index (χ0) is 17.8. The van der Waals surface area contributed by atoms with E-state index in [0.29, 0.717) is 5.56 Å². The van der Waals surface area contributed by atoms with Crippen LogP contribution in [0.2, 0.25) is 0 Å². The van der Waals surface area contributed by atoms with Gasteiger partial charge in [-0.2, -0.15) is 0 Å². The number of amides is 1. The third kappa shape index (κ3) is 6.15. The third-order valence-corrected chi connectivity index (χ3v) is 3.19. The fourth-order valence-corrected chi connectivity index (χ4v) is 1.91. The molecule has 1 aromatic carbocycles. The fourth-order valence-electron chi connectivity index (χ4n) is 1.79. The number of benzene rings is 1. The van der Waals surface area contributed by atoms with Gasteiger partial charge in [-0.1, -0.05) is 41.0 Å². The molecule has 0 aliphatic heterocycles. The molecule has 0 atom stereocenters. The molecule has 1 amide bonds. The molecule has 0 spiro atoms. The van der Waals surface area contributed by atoms with Crippen LogP contribution in [0.4, 0.5) is 4.79 Å². The van der Waals surface area contributed by atoms with Gasteiger partial charge >= 0.3 is 6.09 Å². The maximum Gasteiger partial charge on any atom is 0.411 e. The third-order valence-electron chi connectivity index (χ3n) is 2.90. The number of hydrogen-bond donors (Lipinski definition) is 2. The van der Waals surface area contributed by atoms with Crippen LogP contribution in [-0.2, 0) is 11.3 Å². The van der Waals surface area contributed by atoms with Crippen molar-refractivity contribution in [2.45, 2.75) is 38.4 Å². The number of rotatable bonds is 4. The van der Waals surface area contributed by atoms with Crippen molar-refractivity contribution >= 4 is 38.6 Å². The van der Waals surface area contributed by atoms with Gasteiger partial charge in [-0.25, -0.2) is 4.79 Å². The molecule has 0 radical (unpaired) electrons. The van der Waals surface area contributed by atoms with E-state index in [9.17, 15) is 9.90 Å². The first-order valence-corrected chi connectivity index (χ1v) is 7.51. The largest absolute Gasteiger partial charge is 0.444 e. The summed E-state index contributed by atoms with van der Waals surface area (Å²) in [7, 11) is 3.03. The van der Waals surface area contributed by atoms with Crippen molar-refractivity contribution in [2.24, 2.45) is 5.16 Å². The van der Waals surface area contributed by atoms with E-state index in [-0.39, 0.29) is 11.7 Å². The molecule has 0 aliphatic carbocycles. The van der Waals surface area contributed by atoms with Crippen molar-refractivity contribution in [2.75, 3.05) is 0 Å². The Hall–Kier alpha value is -1.66. The molecular formula is C14H21B2ClN2O4. The maximum absolute atomic E-state index is 12.3. The summed E-state index contributed by atoms with van der Waals surface area (Å²) in [6.07, 6.45) is -0.607. The van der Waals surface area contributed by atoms with Gasteiger partial charge in [-0.15, -0.1) is 0 Å². The molecule has 2 N–H and O–H groups in total. The van der Waals surface area contributed by atoms with E-state index in [1.807, 2.05) is 0 Å². The van der Waals surface area contributed by atoms with Gasteiger partial charge in [-0.3, -0.25) is 4.90 Å². The molecule has 0 bridgehead atoms. The van der Waals surface area contributed by atoms with Gasteiger partial charge in [0, 0.05) is 5.56 Å². The SMILES string of the molecule is BC(B)(O)N(Cc1ccc(/C(Cl)=N/O)cc1)C(=O)OC(C)(C)C. The first-order chi connectivity index (χ1) is 10.4. The molecule has 0 fully saturated rings. The lowest BCUT2D eigenvalue weighted by Crippen LogP contribution is -2.53. The summed E-state index contributed by atoms with van der Waals surface area (Å²) in [5, 5.41) is 21.8. The van der Waals surface area contributed by atoms with Crippen LogP contribution >= 0.6 is 11.6 Å². The number of nitrogens with zero attached hydrogens (tertiary/aromatic N) is 2.